The van der Waals surface area contributed by atoms with Crippen molar-refractivity contribution in [2.75, 3.05) is 13.2 Å². The van der Waals surface area contributed by atoms with Gasteiger partial charge in [0, 0.05) is 11.1 Å². The highest BCUT2D eigenvalue weighted by Gasteiger charge is 2.30. The average molecular weight is 284 g/mol. The molecule has 118 valence electrons. The molecular weight excluding hydrogens is 252 g/mol. The normalized spacial score (nSPS) is 25.8. The quantitative estimate of drug-likeness (QED) is 0.736. The van der Waals surface area contributed by atoms with Gasteiger partial charge in [-0.05, 0) is 32.6 Å². The van der Waals surface area contributed by atoms with Crippen molar-refractivity contribution >= 4 is 0 Å². The van der Waals surface area contributed by atoms with Gasteiger partial charge in [0.2, 0.25) is 0 Å². The molecule has 0 heterocycles. The number of hydrogen-bond acceptors (Lipinski definition) is 4. The van der Waals surface area contributed by atoms with Crippen LogP contribution in [-0.2, 0) is 9.47 Å². The Kier molecular flexibility index (Phi) is 5.84. The van der Waals surface area contributed by atoms with E-state index in [9.17, 15) is 0 Å². The van der Waals surface area contributed by atoms with Gasteiger partial charge in [-0.3, -0.25) is 0 Å². The van der Waals surface area contributed by atoms with Crippen LogP contribution in [0.15, 0.2) is 0 Å². The Morgan fingerprint density at radius 2 is 1.10 bits per heavy atom. The summed E-state index contributed by atoms with van der Waals surface area (Å²) in [5.41, 5.74) is 12.5. The van der Waals surface area contributed by atoms with Crippen molar-refractivity contribution in [1.29, 1.82) is 0 Å². The van der Waals surface area contributed by atoms with E-state index in [4.69, 9.17) is 20.9 Å². The van der Waals surface area contributed by atoms with Crippen molar-refractivity contribution in [1.82, 2.24) is 0 Å². The molecule has 0 aliphatic heterocycles. The maximum Gasteiger partial charge on any atom is 0.154 e. The highest BCUT2D eigenvalue weighted by atomic mass is 16.7. The summed E-state index contributed by atoms with van der Waals surface area (Å²) in [7, 11) is 0. The van der Waals surface area contributed by atoms with Crippen LogP contribution < -0.4 is 11.5 Å². The van der Waals surface area contributed by atoms with E-state index >= 15 is 0 Å². The fraction of sp³-hybridized carbons (Fsp3) is 1.00. The fourth-order valence-electron chi connectivity index (χ4n) is 3.42. The minimum Gasteiger partial charge on any atom is -0.351 e. The van der Waals surface area contributed by atoms with Crippen molar-refractivity contribution in [3.63, 3.8) is 0 Å². The maximum absolute atomic E-state index is 6.37. The molecule has 0 aromatic carbocycles. The van der Waals surface area contributed by atoms with Crippen LogP contribution in [0.25, 0.3) is 0 Å². The molecule has 4 nitrogen and oxygen atoms in total. The summed E-state index contributed by atoms with van der Waals surface area (Å²) in [4.78, 5) is 0. The zero-order chi connectivity index (χ0) is 14.5. The lowest BCUT2D eigenvalue weighted by atomic mass is 9.83. The second-order valence-electron chi connectivity index (χ2n) is 7.04. The number of hydrogen-bond donors (Lipinski definition) is 2. The lowest BCUT2D eigenvalue weighted by molar-refractivity contribution is -0.154. The van der Waals surface area contributed by atoms with Crippen LogP contribution in [0.2, 0.25) is 0 Å². The molecule has 2 aliphatic carbocycles. The Morgan fingerprint density at radius 1 is 0.750 bits per heavy atom. The number of ether oxygens (including phenoxy) is 2. The number of rotatable bonds is 6. The summed E-state index contributed by atoms with van der Waals surface area (Å²) in [6.45, 7) is 3.16. The van der Waals surface area contributed by atoms with Crippen molar-refractivity contribution in [3.8, 4) is 0 Å². The highest BCUT2D eigenvalue weighted by Crippen LogP contribution is 2.28. The van der Waals surface area contributed by atoms with Crippen molar-refractivity contribution in [3.05, 3.63) is 0 Å². The average Bonchev–Trinajstić information content (AvgIpc) is 2.45. The molecule has 0 amide bonds. The summed E-state index contributed by atoms with van der Waals surface area (Å²) >= 11 is 0. The lowest BCUT2D eigenvalue weighted by Crippen LogP contribution is -2.48. The molecule has 2 fully saturated rings. The SMILES string of the molecule is CC(OCC1(N)CCCCC1)OCC1(N)CCCCC1. The van der Waals surface area contributed by atoms with E-state index in [1.54, 1.807) is 0 Å². The third-order valence-corrected chi connectivity index (χ3v) is 4.91. The van der Waals surface area contributed by atoms with Gasteiger partial charge in [-0.15, -0.1) is 0 Å². The van der Waals surface area contributed by atoms with Crippen molar-refractivity contribution < 1.29 is 9.47 Å². The van der Waals surface area contributed by atoms with E-state index in [1.807, 2.05) is 6.92 Å². The van der Waals surface area contributed by atoms with Crippen LogP contribution in [0.3, 0.4) is 0 Å². The topological polar surface area (TPSA) is 70.5 Å². The molecule has 2 saturated carbocycles. The Morgan fingerprint density at radius 3 is 1.45 bits per heavy atom. The van der Waals surface area contributed by atoms with Gasteiger partial charge >= 0.3 is 0 Å². The Balaban J connectivity index is 1.65. The molecule has 0 spiro atoms. The van der Waals surface area contributed by atoms with Crippen LogP contribution in [0.4, 0.5) is 0 Å². The predicted octanol–water partition coefficient (Wildman–Crippen LogP) is 2.69. The molecule has 4 heteroatoms. The molecule has 0 saturated heterocycles. The van der Waals surface area contributed by atoms with Gasteiger partial charge in [0.25, 0.3) is 0 Å². The molecule has 0 aromatic heterocycles. The minimum atomic E-state index is -0.209. The van der Waals surface area contributed by atoms with E-state index in [2.05, 4.69) is 0 Å². The molecule has 0 radical (unpaired) electrons. The van der Waals surface area contributed by atoms with Crippen molar-refractivity contribution in [2.24, 2.45) is 11.5 Å². The smallest absolute Gasteiger partial charge is 0.154 e. The molecule has 20 heavy (non-hydrogen) atoms. The highest BCUT2D eigenvalue weighted by molar-refractivity contribution is 4.88. The first kappa shape index (κ1) is 16.2. The Bertz CT molecular complexity index is 256. The van der Waals surface area contributed by atoms with Crippen molar-refractivity contribution in [2.45, 2.75) is 88.5 Å². The van der Waals surface area contributed by atoms with Gasteiger partial charge in [-0.2, -0.15) is 0 Å². The third kappa shape index (κ3) is 4.99. The molecule has 4 N–H and O–H groups in total. The lowest BCUT2D eigenvalue weighted by Gasteiger charge is -2.36. The largest absolute Gasteiger partial charge is 0.351 e. The van der Waals surface area contributed by atoms with E-state index in [1.165, 1.54) is 38.5 Å². The fourth-order valence-corrected chi connectivity index (χ4v) is 3.42. The first-order valence-corrected chi connectivity index (χ1v) is 8.32. The van der Waals surface area contributed by atoms with Crippen LogP contribution in [0.5, 0.6) is 0 Å². The predicted molar refractivity (Wildman–Crippen MR) is 81.4 cm³/mol. The maximum atomic E-state index is 6.37. The molecule has 0 bridgehead atoms. The second-order valence-corrected chi connectivity index (χ2v) is 7.04. The van der Waals surface area contributed by atoms with Crippen LogP contribution in [0, 0.1) is 0 Å². The summed E-state index contributed by atoms with van der Waals surface area (Å²) in [5.74, 6) is 0. The molecular formula is C16H32N2O2. The second kappa shape index (κ2) is 7.21. The van der Waals surface area contributed by atoms with E-state index < -0.39 is 0 Å². The summed E-state index contributed by atoms with van der Waals surface area (Å²) in [6, 6.07) is 0. The van der Waals surface area contributed by atoms with E-state index in [0.717, 1.165) is 25.7 Å². The zero-order valence-corrected chi connectivity index (χ0v) is 13.0. The number of nitrogens with two attached hydrogens (primary N) is 2. The summed E-state index contributed by atoms with van der Waals surface area (Å²) < 4.78 is 11.6. The van der Waals surface area contributed by atoms with E-state index in [-0.39, 0.29) is 17.4 Å². The first-order chi connectivity index (χ1) is 9.52. The zero-order valence-electron chi connectivity index (χ0n) is 13.0. The van der Waals surface area contributed by atoms with Gasteiger partial charge < -0.3 is 20.9 Å². The Labute approximate surface area is 123 Å². The molecule has 0 aromatic rings. The molecule has 0 atom stereocenters. The minimum absolute atomic E-state index is 0.138. The molecule has 2 rings (SSSR count). The molecule has 2 aliphatic rings. The monoisotopic (exact) mass is 284 g/mol. The van der Waals surface area contributed by atoms with Gasteiger partial charge in [-0.1, -0.05) is 38.5 Å². The summed E-state index contributed by atoms with van der Waals surface area (Å²) in [5, 5.41) is 0. The standard InChI is InChI=1S/C16H32N2O2/c1-14(19-12-15(17)8-4-2-5-9-15)20-13-16(18)10-6-3-7-11-16/h14H,2-13,17-18H2,1H3. The first-order valence-electron chi connectivity index (χ1n) is 8.32. The van der Waals surface area contributed by atoms with Crippen LogP contribution in [0.1, 0.15) is 71.1 Å². The van der Waals surface area contributed by atoms with Gasteiger partial charge in [-0.25, -0.2) is 0 Å². The van der Waals surface area contributed by atoms with Crippen LogP contribution >= 0.6 is 0 Å². The van der Waals surface area contributed by atoms with Gasteiger partial charge in [0.05, 0.1) is 13.2 Å². The molecule has 0 unspecified atom stereocenters. The Hall–Kier alpha value is -0.160. The van der Waals surface area contributed by atoms with Crippen LogP contribution in [-0.4, -0.2) is 30.6 Å². The van der Waals surface area contributed by atoms with Gasteiger partial charge in [0.1, 0.15) is 0 Å². The third-order valence-electron chi connectivity index (χ3n) is 4.91. The van der Waals surface area contributed by atoms with E-state index in [0.29, 0.717) is 13.2 Å². The summed E-state index contributed by atoms with van der Waals surface area (Å²) in [6.07, 6.45) is 11.6. The van der Waals surface area contributed by atoms with Gasteiger partial charge in [0.15, 0.2) is 6.29 Å².